The molecule has 1 heterocycles. The molecule has 1 nitrogen and oxygen atoms in total. The Labute approximate surface area is 113 Å². The number of thiophene rings is 1. The fourth-order valence-corrected chi connectivity index (χ4v) is 3.31. The lowest BCUT2D eigenvalue weighted by atomic mass is 9.99. The molecule has 2 aromatic rings. The molecule has 2 N–H and O–H groups in total. The van der Waals surface area contributed by atoms with Gasteiger partial charge in [-0.3, -0.25) is 0 Å². The first-order chi connectivity index (χ1) is 8.06. The van der Waals surface area contributed by atoms with E-state index in [2.05, 4.69) is 22.0 Å². The van der Waals surface area contributed by atoms with Crippen LogP contribution in [0.5, 0.6) is 0 Å². The summed E-state index contributed by atoms with van der Waals surface area (Å²) in [5.41, 5.74) is 8.05. The first-order valence-electron chi connectivity index (χ1n) is 5.31. The maximum atomic E-state index is 13.2. The van der Waals surface area contributed by atoms with E-state index in [0.29, 0.717) is 0 Å². The summed E-state index contributed by atoms with van der Waals surface area (Å²) in [6, 6.07) is 6.67. The Bertz CT molecular complexity index is 524. The second-order valence-corrected chi connectivity index (χ2v) is 5.95. The highest BCUT2D eigenvalue weighted by Gasteiger charge is 2.12. The molecule has 0 fully saturated rings. The monoisotopic (exact) mass is 313 g/mol. The van der Waals surface area contributed by atoms with Gasteiger partial charge in [-0.25, -0.2) is 4.39 Å². The average Bonchev–Trinajstić information content (AvgIpc) is 2.67. The van der Waals surface area contributed by atoms with Gasteiger partial charge in [0.15, 0.2) is 0 Å². The van der Waals surface area contributed by atoms with Crippen molar-refractivity contribution in [3.63, 3.8) is 0 Å². The maximum Gasteiger partial charge on any atom is 0.123 e. The van der Waals surface area contributed by atoms with E-state index < -0.39 is 0 Å². The first-order valence-corrected chi connectivity index (χ1v) is 6.98. The zero-order valence-corrected chi connectivity index (χ0v) is 11.8. The van der Waals surface area contributed by atoms with Gasteiger partial charge in [0.25, 0.3) is 0 Å². The molecule has 0 saturated heterocycles. The molecular weight excluding hydrogens is 301 g/mol. The largest absolute Gasteiger partial charge is 0.324 e. The summed E-state index contributed by atoms with van der Waals surface area (Å²) in [6.45, 7) is 1.96. The molecule has 0 aliphatic carbocycles. The first kappa shape index (κ1) is 12.7. The van der Waals surface area contributed by atoms with Gasteiger partial charge in [-0.05, 0) is 52.2 Å². The minimum Gasteiger partial charge on any atom is -0.324 e. The predicted molar refractivity (Wildman–Crippen MR) is 73.8 cm³/mol. The fraction of sp³-hybridized carbons (Fsp3) is 0.231. The standard InChI is InChI=1S/C13H13BrFNS/c1-8-2-3-10(15)5-12(8)13(16)6-11-4-9(14)7-17-11/h2-5,7,13H,6,16H2,1H3. The van der Waals surface area contributed by atoms with E-state index in [1.165, 1.54) is 17.0 Å². The molecule has 2 rings (SSSR count). The molecular formula is C13H13BrFNS. The fourth-order valence-electron chi connectivity index (χ4n) is 1.80. The van der Waals surface area contributed by atoms with Crippen LogP contribution in [0.2, 0.25) is 0 Å². The summed E-state index contributed by atoms with van der Waals surface area (Å²) in [6.07, 6.45) is 0.737. The summed E-state index contributed by atoms with van der Waals surface area (Å²) >= 11 is 5.08. The minimum absolute atomic E-state index is 0.156. The van der Waals surface area contributed by atoms with E-state index >= 15 is 0 Å². The van der Waals surface area contributed by atoms with Crippen molar-refractivity contribution in [2.45, 2.75) is 19.4 Å². The number of hydrogen-bond acceptors (Lipinski definition) is 2. The minimum atomic E-state index is -0.228. The van der Waals surface area contributed by atoms with E-state index in [-0.39, 0.29) is 11.9 Å². The lowest BCUT2D eigenvalue weighted by molar-refractivity contribution is 0.617. The number of benzene rings is 1. The van der Waals surface area contributed by atoms with Gasteiger partial charge < -0.3 is 5.73 Å². The molecule has 0 radical (unpaired) electrons. The zero-order valence-electron chi connectivity index (χ0n) is 9.41. The lowest BCUT2D eigenvalue weighted by Gasteiger charge is -2.13. The third kappa shape index (κ3) is 3.15. The summed E-state index contributed by atoms with van der Waals surface area (Å²) in [5, 5.41) is 2.03. The van der Waals surface area contributed by atoms with Gasteiger partial charge in [-0.1, -0.05) is 6.07 Å². The van der Waals surface area contributed by atoms with Crippen LogP contribution in [0, 0.1) is 12.7 Å². The van der Waals surface area contributed by atoms with Crippen molar-refractivity contribution in [3.8, 4) is 0 Å². The quantitative estimate of drug-likeness (QED) is 0.903. The second kappa shape index (κ2) is 5.29. The van der Waals surface area contributed by atoms with Gasteiger partial charge in [0.2, 0.25) is 0 Å². The lowest BCUT2D eigenvalue weighted by Crippen LogP contribution is -2.14. The number of halogens is 2. The second-order valence-electron chi connectivity index (χ2n) is 4.04. The van der Waals surface area contributed by atoms with Gasteiger partial charge in [0.1, 0.15) is 5.82 Å². The third-order valence-electron chi connectivity index (χ3n) is 2.68. The molecule has 1 aromatic heterocycles. The maximum absolute atomic E-state index is 13.2. The Morgan fingerprint density at radius 1 is 1.41 bits per heavy atom. The molecule has 1 aromatic carbocycles. The predicted octanol–water partition coefficient (Wildman–Crippen LogP) is 4.20. The van der Waals surface area contributed by atoms with Crippen LogP contribution >= 0.6 is 27.3 Å². The summed E-state index contributed by atoms with van der Waals surface area (Å²) in [4.78, 5) is 1.20. The highest BCUT2D eigenvalue weighted by molar-refractivity contribution is 9.10. The van der Waals surface area contributed by atoms with Crippen LogP contribution in [0.1, 0.15) is 22.0 Å². The topological polar surface area (TPSA) is 26.0 Å². The molecule has 4 heteroatoms. The van der Waals surface area contributed by atoms with Crippen LogP contribution in [0.25, 0.3) is 0 Å². The Morgan fingerprint density at radius 3 is 2.82 bits per heavy atom. The molecule has 0 bridgehead atoms. The third-order valence-corrected chi connectivity index (χ3v) is 4.40. The van der Waals surface area contributed by atoms with Crippen LogP contribution in [-0.4, -0.2) is 0 Å². The normalized spacial score (nSPS) is 12.7. The van der Waals surface area contributed by atoms with Crippen LogP contribution < -0.4 is 5.73 Å². The van der Waals surface area contributed by atoms with Crippen molar-refractivity contribution in [2.75, 3.05) is 0 Å². The SMILES string of the molecule is Cc1ccc(F)cc1C(N)Cc1cc(Br)cs1. The molecule has 0 saturated carbocycles. The molecule has 0 aliphatic heterocycles. The number of nitrogens with two attached hydrogens (primary N) is 1. The highest BCUT2D eigenvalue weighted by Crippen LogP contribution is 2.26. The molecule has 17 heavy (non-hydrogen) atoms. The van der Waals surface area contributed by atoms with Crippen molar-refractivity contribution >= 4 is 27.3 Å². The van der Waals surface area contributed by atoms with Gasteiger partial charge in [0.05, 0.1) is 0 Å². The van der Waals surface area contributed by atoms with Gasteiger partial charge in [-0.2, -0.15) is 0 Å². The van der Waals surface area contributed by atoms with Gasteiger partial charge in [0, 0.05) is 27.2 Å². The Morgan fingerprint density at radius 2 is 2.18 bits per heavy atom. The molecule has 90 valence electrons. The molecule has 0 amide bonds. The Kier molecular flexibility index (Phi) is 3.97. The summed E-state index contributed by atoms with van der Waals surface area (Å²) in [5.74, 6) is -0.228. The van der Waals surface area contributed by atoms with Crippen molar-refractivity contribution in [1.29, 1.82) is 0 Å². The Hall–Kier alpha value is -0.710. The van der Waals surface area contributed by atoms with Crippen LogP contribution in [0.3, 0.4) is 0 Å². The van der Waals surface area contributed by atoms with E-state index in [9.17, 15) is 4.39 Å². The Balaban J connectivity index is 2.19. The van der Waals surface area contributed by atoms with Crippen LogP contribution in [-0.2, 0) is 6.42 Å². The summed E-state index contributed by atoms with van der Waals surface area (Å²) < 4.78 is 14.3. The van der Waals surface area contributed by atoms with Crippen molar-refractivity contribution in [1.82, 2.24) is 0 Å². The van der Waals surface area contributed by atoms with E-state index in [4.69, 9.17) is 5.73 Å². The van der Waals surface area contributed by atoms with E-state index in [1.807, 2.05) is 12.3 Å². The molecule has 0 spiro atoms. The van der Waals surface area contributed by atoms with Gasteiger partial charge >= 0.3 is 0 Å². The van der Waals surface area contributed by atoms with Crippen LogP contribution in [0.4, 0.5) is 4.39 Å². The average molecular weight is 314 g/mol. The number of aryl methyl sites for hydroxylation is 1. The highest BCUT2D eigenvalue weighted by atomic mass is 79.9. The van der Waals surface area contributed by atoms with Crippen molar-refractivity contribution < 1.29 is 4.39 Å². The number of hydrogen-bond donors (Lipinski definition) is 1. The smallest absolute Gasteiger partial charge is 0.123 e. The van der Waals surface area contributed by atoms with Crippen molar-refractivity contribution in [2.24, 2.45) is 5.73 Å². The molecule has 1 atom stereocenters. The van der Waals surface area contributed by atoms with E-state index in [0.717, 1.165) is 22.0 Å². The zero-order chi connectivity index (χ0) is 12.4. The van der Waals surface area contributed by atoms with Crippen LogP contribution in [0.15, 0.2) is 34.1 Å². The van der Waals surface area contributed by atoms with Gasteiger partial charge in [-0.15, -0.1) is 11.3 Å². The van der Waals surface area contributed by atoms with E-state index in [1.54, 1.807) is 17.4 Å². The molecule has 0 aliphatic rings. The summed E-state index contributed by atoms with van der Waals surface area (Å²) in [7, 11) is 0. The number of rotatable bonds is 3. The van der Waals surface area contributed by atoms with Crippen molar-refractivity contribution in [3.05, 3.63) is 55.9 Å². The molecule has 1 unspecified atom stereocenters.